The number of hydrogen-bond acceptors (Lipinski definition) is 3. The first-order valence-corrected chi connectivity index (χ1v) is 7.35. The second kappa shape index (κ2) is 5.60. The van der Waals surface area contributed by atoms with Crippen LogP contribution in [-0.4, -0.2) is 53.2 Å². The molecule has 0 aromatic carbocycles. The molecule has 1 heterocycles. The van der Waals surface area contributed by atoms with Crippen LogP contribution in [0.3, 0.4) is 0 Å². The van der Waals surface area contributed by atoms with Gasteiger partial charge in [-0.05, 0) is 52.5 Å². The van der Waals surface area contributed by atoms with Gasteiger partial charge in [0.1, 0.15) is 5.54 Å². The average molecular weight is 283 g/mol. The van der Waals surface area contributed by atoms with Gasteiger partial charge in [0.15, 0.2) is 0 Å². The Morgan fingerprint density at radius 1 is 1.30 bits per heavy atom. The summed E-state index contributed by atoms with van der Waals surface area (Å²) in [5, 5.41) is 14.9. The Morgan fingerprint density at radius 2 is 1.95 bits per heavy atom. The van der Waals surface area contributed by atoms with E-state index in [1.165, 1.54) is 0 Å². The van der Waals surface area contributed by atoms with Crippen molar-refractivity contribution < 1.29 is 14.7 Å². The third-order valence-corrected chi connectivity index (χ3v) is 4.75. The molecule has 2 fully saturated rings. The van der Waals surface area contributed by atoms with E-state index in [4.69, 9.17) is 0 Å². The van der Waals surface area contributed by atoms with Crippen molar-refractivity contribution in [1.82, 2.24) is 15.5 Å². The molecule has 0 spiro atoms. The van der Waals surface area contributed by atoms with E-state index in [0.29, 0.717) is 6.04 Å². The Labute approximate surface area is 119 Å². The number of hydrogen-bond donors (Lipinski definition) is 3. The summed E-state index contributed by atoms with van der Waals surface area (Å²) in [6, 6.07) is 0.199. The molecule has 3 N–H and O–H groups in total. The lowest BCUT2D eigenvalue weighted by atomic mass is 9.96. The number of carboxylic acid groups (broad SMARTS) is 1. The van der Waals surface area contributed by atoms with Crippen LogP contribution in [0, 0.1) is 5.92 Å². The van der Waals surface area contributed by atoms with Crippen LogP contribution in [0.4, 0.5) is 4.79 Å². The first-order valence-electron chi connectivity index (χ1n) is 7.35. The Morgan fingerprint density at radius 3 is 2.45 bits per heavy atom. The number of likely N-dealkylation sites (tertiary alicyclic amines) is 1. The van der Waals surface area contributed by atoms with E-state index in [9.17, 15) is 14.7 Å². The zero-order valence-electron chi connectivity index (χ0n) is 12.5. The van der Waals surface area contributed by atoms with Crippen LogP contribution in [-0.2, 0) is 4.79 Å². The number of urea groups is 1. The zero-order chi connectivity index (χ0) is 14.9. The van der Waals surface area contributed by atoms with Crippen LogP contribution in [0.2, 0.25) is 0 Å². The van der Waals surface area contributed by atoms with Crippen LogP contribution in [0.25, 0.3) is 0 Å². The Balaban J connectivity index is 1.87. The maximum Gasteiger partial charge on any atom is 0.329 e. The molecular weight excluding hydrogens is 258 g/mol. The predicted octanol–water partition coefficient (Wildman–Crippen LogP) is 1.02. The van der Waals surface area contributed by atoms with Gasteiger partial charge >= 0.3 is 12.0 Å². The van der Waals surface area contributed by atoms with Crippen molar-refractivity contribution in [3.05, 3.63) is 0 Å². The second-order valence-corrected chi connectivity index (χ2v) is 6.43. The maximum absolute atomic E-state index is 12.1. The molecule has 2 amide bonds. The van der Waals surface area contributed by atoms with Crippen molar-refractivity contribution in [1.29, 1.82) is 0 Å². The summed E-state index contributed by atoms with van der Waals surface area (Å²) in [5.41, 5.74) is -1.14. The molecular formula is C14H25N3O3. The molecule has 0 aromatic rings. The molecule has 1 saturated carbocycles. The summed E-state index contributed by atoms with van der Waals surface area (Å²) in [5.74, 6) is -0.894. The lowest BCUT2D eigenvalue weighted by molar-refractivity contribution is -0.144. The molecule has 2 aliphatic rings. The van der Waals surface area contributed by atoms with Gasteiger partial charge in [-0.3, -0.25) is 0 Å². The molecule has 1 saturated heterocycles. The van der Waals surface area contributed by atoms with Gasteiger partial charge in [-0.25, -0.2) is 9.59 Å². The summed E-state index contributed by atoms with van der Waals surface area (Å²) in [6.07, 6.45) is 3.54. The second-order valence-electron chi connectivity index (χ2n) is 6.43. The van der Waals surface area contributed by atoms with Crippen LogP contribution >= 0.6 is 0 Å². The van der Waals surface area contributed by atoms with E-state index in [1.54, 1.807) is 6.92 Å². The highest BCUT2D eigenvalue weighted by Gasteiger charge is 2.48. The quantitative estimate of drug-likeness (QED) is 0.719. The van der Waals surface area contributed by atoms with E-state index in [-0.39, 0.29) is 18.0 Å². The Hall–Kier alpha value is -1.30. The molecule has 1 aliphatic carbocycles. The highest BCUT2D eigenvalue weighted by Crippen LogP contribution is 2.39. The van der Waals surface area contributed by atoms with Crippen LogP contribution < -0.4 is 10.6 Å². The fourth-order valence-electron chi connectivity index (χ4n) is 2.87. The first kappa shape index (κ1) is 15.1. The highest BCUT2D eigenvalue weighted by atomic mass is 16.4. The van der Waals surface area contributed by atoms with Gasteiger partial charge in [0.25, 0.3) is 0 Å². The summed E-state index contributed by atoms with van der Waals surface area (Å²) in [7, 11) is 2.08. The van der Waals surface area contributed by atoms with E-state index < -0.39 is 11.5 Å². The van der Waals surface area contributed by atoms with E-state index in [1.807, 2.05) is 0 Å². The summed E-state index contributed by atoms with van der Waals surface area (Å²) < 4.78 is 0. The molecule has 6 nitrogen and oxygen atoms in total. The lowest BCUT2D eigenvalue weighted by Gasteiger charge is -2.36. The average Bonchev–Trinajstić information content (AvgIpc) is 3.17. The molecule has 3 unspecified atom stereocenters. The molecule has 0 aromatic heterocycles. The lowest BCUT2D eigenvalue weighted by Crippen LogP contribution is -2.59. The number of carboxylic acids is 1. The minimum atomic E-state index is -1.14. The van der Waals surface area contributed by atoms with Crippen molar-refractivity contribution in [2.24, 2.45) is 5.92 Å². The Kier molecular flexibility index (Phi) is 4.22. The van der Waals surface area contributed by atoms with E-state index in [0.717, 1.165) is 32.2 Å². The first-order chi connectivity index (χ1) is 9.33. The number of carbonyl (C=O) groups excluding carboxylic acids is 1. The smallest absolute Gasteiger partial charge is 0.329 e. The highest BCUT2D eigenvalue weighted by molar-refractivity contribution is 5.86. The topological polar surface area (TPSA) is 81.7 Å². The van der Waals surface area contributed by atoms with Crippen molar-refractivity contribution in [3.63, 3.8) is 0 Å². The minimum Gasteiger partial charge on any atom is -0.480 e. The van der Waals surface area contributed by atoms with E-state index in [2.05, 4.69) is 29.5 Å². The van der Waals surface area contributed by atoms with Crippen molar-refractivity contribution >= 4 is 12.0 Å². The maximum atomic E-state index is 12.1. The molecule has 0 radical (unpaired) electrons. The molecule has 0 bridgehead atoms. The molecule has 6 heteroatoms. The minimum absolute atomic E-state index is 0.0576. The number of nitrogens with one attached hydrogen (secondary N) is 2. The molecule has 114 valence electrons. The zero-order valence-corrected chi connectivity index (χ0v) is 12.5. The van der Waals surface area contributed by atoms with Crippen molar-refractivity contribution in [2.45, 2.75) is 57.2 Å². The standard InChI is InChI=1S/C14H25N3O3/c1-9-8-11(6-7-17(9)3)15-13(20)16-14(2,12(18)19)10-4-5-10/h9-11H,4-8H2,1-3H3,(H,18,19)(H2,15,16,20). The normalized spacial score (nSPS) is 30.4. The third-order valence-electron chi connectivity index (χ3n) is 4.75. The van der Waals surface area contributed by atoms with Crippen molar-refractivity contribution in [3.8, 4) is 0 Å². The number of nitrogens with zero attached hydrogens (tertiary/aromatic N) is 1. The number of amides is 2. The van der Waals surface area contributed by atoms with Gasteiger partial charge in [-0.2, -0.15) is 0 Å². The summed E-state index contributed by atoms with van der Waals surface area (Å²) >= 11 is 0. The van der Waals surface area contributed by atoms with Crippen LogP contribution in [0.15, 0.2) is 0 Å². The number of piperidine rings is 1. The fraction of sp³-hybridized carbons (Fsp3) is 0.857. The molecule has 3 atom stereocenters. The van der Waals surface area contributed by atoms with Crippen LogP contribution in [0.5, 0.6) is 0 Å². The van der Waals surface area contributed by atoms with Gasteiger partial charge in [0.2, 0.25) is 0 Å². The SMILES string of the molecule is CC1CC(NC(=O)NC(C)(C(=O)O)C2CC2)CCN1C. The van der Waals surface area contributed by atoms with Gasteiger partial charge in [-0.15, -0.1) is 0 Å². The predicted molar refractivity (Wildman–Crippen MR) is 75.5 cm³/mol. The third kappa shape index (κ3) is 3.23. The van der Waals surface area contributed by atoms with Gasteiger partial charge < -0.3 is 20.6 Å². The van der Waals surface area contributed by atoms with Gasteiger partial charge in [0, 0.05) is 18.6 Å². The number of aliphatic carboxylic acids is 1. The fourth-order valence-corrected chi connectivity index (χ4v) is 2.87. The van der Waals surface area contributed by atoms with Crippen molar-refractivity contribution in [2.75, 3.05) is 13.6 Å². The largest absolute Gasteiger partial charge is 0.480 e. The van der Waals surface area contributed by atoms with Gasteiger partial charge in [-0.1, -0.05) is 0 Å². The summed E-state index contributed by atoms with van der Waals surface area (Å²) in [6.45, 7) is 4.69. The Bertz CT molecular complexity index is 397. The summed E-state index contributed by atoms with van der Waals surface area (Å²) in [4.78, 5) is 25.7. The molecule has 1 aliphatic heterocycles. The molecule has 2 rings (SSSR count). The molecule has 20 heavy (non-hydrogen) atoms. The monoisotopic (exact) mass is 283 g/mol. The number of carbonyl (C=O) groups is 2. The van der Waals surface area contributed by atoms with Crippen LogP contribution in [0.1, 0.15) is 39.5 Å². The van der Waals surface area contributed by atoms with Gasteiger partial charge in [0.05, 0.1) is 0 Å². The number of rotatable bonds is 4. The van der Waals surface area contributed by atoms with E-state index >= 15 is 0 Å².